The normalized spacial score (nSPS) is 22.5. The monoisotopic (exact) mass is 194 g/mol. The van der Waals surface area contributed by atoms with Crippen molar-refractivity contribution in [1.82, 2.24) is 9.80 Å². The Morgan fingerprint density at radius 3 is 2.57 bits per heavy atom. The van der Waals surface area contributed by atoms with Crippen molar-refractivity contribution in [3.05, 3.63) is 11.6 Å². The van der Waals surface area contributed by atoms with Gasteiger partial charge in [0.1, 0.15) is 0 Å². The molecule has 0 spiro atoms. The summed E-state index contributed by atoms with van der Waals surface area (Å²) >= 11 is 0. The molecule has 0 aromatic carbocycles. The third-order valence-corrected chi connectivity index (χ3v) is 2.98. The highest BCUT2D eigenvalue weighted by molar-refractivity contribution is 5.75. The molecule has 0 bridgehead atoms. The molecule has 0 aliphatic carbocycles. The molecule has 0 N–H and O–H groups in total. The summed E-state index contributed by atoms with van der Waals surface area (Å²) < 4.78 is 0. The Labute approximate surface area is 85.4 Å². The van der Waals surface area contributed by atoms with Gasteiger partial charge in [-0.3, -0.25) is 0 Å². The van der Waals surface area contributed by atoms with Gasteiger partial charge in [0.25, 0.3) is 0 Å². The molecular weight excluding hydrogens is 176 g/mol. The van der Waals surface area contributed by atoms with Crippen LogP contribution in [0.5, 0.6) is 0 Å². The maximum atomic E-state index is 12.0. The molecule has 0 unspecified atom stereocenters. The fourth-order valence-corrected chi connectivity index (χ4v) is 2.18. The Balaban J connectivity index is 1.94. The van der Waals surface area contributed by atoms with Gasteiger partial charge in [0, 0.05) is 26.2 Å². The van der Waals surface area contributed by atoms with Gasteiger partial charge in [0.2, 0.25) is 0 Å². The minimum atomic E-state index is 0.245. The third-order valence-electron chi connectivity index (χ3n) is 2.98. The van der Waals surface area contributed by atoms with Crippen molar-refractivity contribution in [3.8, 4) is 0 Å². The predicted octanol–water partition coefficient (Wildman–Crippen LogP) is 1.85. The second kappa shape index (κ2) is 4.03. The molecule has 3 nitrogen and oxygen atoms in total. The highest BCUT2D eigenvalue weighted by Gasteiger charge is 2.24. The van der Waals surface area contributed by atoms with Crippen LogP contribution in [0.2, 0.25) is 0 Å². The van der Waals surface area contributed by atoms with E-state index in [2.05, 4.69) is 13.0 Å². The number of carbonyl (C=O) groups excluding carboxylic acids is 1. The molecule has 1 saturated heterocycles. The summed E-state index contributed by atoms with van der Waals surface area (Å²) in [5, 5.41) is 0. The molecule has 2 rings (SSSR count). The summed E-state index contributed by atoms with van der Waals surface area (Å²) in [4.78, 5) is 15.9. The molecule has 0 aromatic rings. The molecule has 2 amide bonds. The van der Waals surface area contributed by atoms with E-state index in [4.69, 9.17) is 0 Å². The summed E-state index contributed by atoms with van der Waals surface area (Å²) in [6, 6.07) is 0.245. The molecule has 78 valence electrons. The maximum absolute atomic E-state index is 12.0. The predicted molar refractivity (Wildman–Crippen MR) is 56.2 cm³/mol. The molecule has 2 aliphatic rings. The Morgan fingerprint density at radius 1 is 1.21 bits per heavy atom. The van der Waals surface area contributed by atoms with Crippen LogP contribution in [-0.2, 0) is 0 Å². The summed E-state index contributed by atoms with van der Waals surface area (Å²) in [7, 11) is 0. The zero-order valence-corrected chi connectivity index (χ0v) is 8.83. The van der Waals surface area contributed by atoms with Crippen molar-refractivity contribution in [3.63, 3.8) is 0 Å². The van der Waals surface area contributed by atoms with Gasteiger partial charge in [-0.05, 0) is 26.2 Å². The van der Waals surface area contributed by atoms with E-state index in [1.54, 1.807) is 0 Å². The molecule has 2 heterocycles. The van der Waals surface area contributed by atoms with E-state index in [-0.39, 0.29) is 6.03 Å². The fraction of sp³-hybridized carbons (Fsp3) is 0.727. The van der Waals surface area contributed by atoms with Crippen LogP contribution in [0.3, 0.4) is 0 Å². The molecule has 14 heavy (non-hydrogen) atoms. The van der Waals surface area contributed by atoms with Crippen LogP contribution in [0, 0.1) is 0 Å². The Kier molecular flexibility index (Phi) is 2.75. The van der Waals surface area contributed by atoms with Crippen LogP contribution in [0.15, 0.2) is 11.6 Å². The first-order chi connectivity index (χ1) is 6.77. The molecule has 2 aliphatic heterocycles. The zero-order chi connectivity index (χ0) is 9.97. The van der Waals surface area contributed by atoms with Crippen molar-refractivity contribution in [2.24, 2.45) is 0 Å². The van der Waals surface area contributed by atoms with E-state index >= 15 is 0 Å². The first-order valence-electron chi connectivity index (χ1n) is 5.47. The second-order valence-corrected chi connectivity index (χ2v) is 4.24. The number of urea groups is 1. The number of hydrogen-bond donors (Lipinski definition) is 0. The minimum absolute atomic E-state index is 0.245. The first kappa shape index (κ1) is 9.56. The molecular formula is C11H18N2O. The van der Waals surface area contributed by atoms with Crippen LogP contribution in [0.25, 0.3) is 0 Å². The van der Waals surface area contributed by atoms with E-state index < -0.39 is 0 Å². The van der Waals surface area contributed by atoms with E-state index in [1.807, 2.05) is 9.80 Å². The van der Waals surface area contributed by atoms with Gasteiger partial charge < -0.3 is 9.80 Å². The molecule has 0 radical (unpaired) electrons. The van der Waals surface area contributed by atoms with Crippen molar-refractivity contribution < 1.29 is 4.79 Å². The number of hydrogen-bond acceptors (Lipinski definition) is 1. The van der Waals surface area contributed by atoms with Crippen molar-refractivity contribution in [2.45, 2.75) is 26.2 Å². The van der Waals surface area contributed by atoms with Crippen LogP contribution in [-0.4, -0.2) is 42.0 Å². The Morgan fingerprint density at radius 2 is 1.93 bits per heavy atom. The van der Waals surface area contributed by atoms with E-state index in [9.17, 15) is 4.79 Å². The third kappa shape index (κ3) is 1.91. The molecule has 3 heteroatoms. The van der Waals surface area contributed by atoms with Crippen LogP contribution >= 0.6 is 0 Å². The average Bonchev–Trinajstić information content (AvgIpc) is 2.69. The molecule has 0 atom stereocenters. The summed E-state index contributed by atoms with van der Waals surface area (Å²) in [5.74, 6) is 0. The average molecular weight is 194 g/mol. The van der Waals surface area contributed by atoms with Gasteiger partial charge in [0.05, 0.1) is 0 Å². The van der Waals surface area contributed by atoms with E-state index in [0.29, 0.717) is 0 Å². The van der Waals surface area contributed by atoms with Crippen LogP contribution in [0.1, 0.15) is 26.2 Å². The number of rotatable bonds is 0. The highest BCUT2D eigenvalue weighted by Crippen LogP contribution is 2.15. The zero-order valence-electron chi connectivity index (χ0n) is 8.83. The second-order valence-electron chi connectivity index (χ2n) is 4.24. The van der Waals surface area contributed by atoms with E-state index in [1.165, 1.54) is 18.4 Å². The lowest BCUT2D eigenvalue weighted by Gasteiger charge is -2.30. The molecule has 0 saturated carbocycles. The SMILES string of the molecule is CC1=CCCN(C(=O)N2CCCC2)C1. The maximum Gasteiger partial charge on any atom is 0.320 e. The fourth-order valence-electron chi connectivity index (χ4n) is 2.18. The standard InChI is InChI=1S/C11H18N2O/c1-10-5-4-8-13(9-10)11(14)12-6-2-3-7-12/h5H,2-4,6-9H2,1H3. The van der Waals surface area contributed by atoms with Gasteiger partial charge >= 0.3 is 6.03 Å². The largest absolute Gasteiger partial charge is 0.325 e. The minimum Gasteiger partial charge on any atom is -0.325 e. The van der Waals surface area contributed by atoms with Gasteiger partial charge in [-0.1, -0.05) is 11.6 Å². The van der Waals surface area contributed by atoms with Gasteiger partial charge in [0.15, 0.2) is 0 Å². The van der Waals surface area contributed by atoms with Gasteiger partial charge in [-0.25, -0.2) is 4.79 Å². The van der Waals surface area contributed by atoms with Crippen LogP contribution in [0.4, 0.5) is 4.79 Å². The van der Waals surface area contributed by atoms with Crippen molar-refractivity contribution in [1.29, 1.82) is 0 Å². The van der Waals surface area contributed by atoms with Crippen molar-refractivity contribution >= 4 is 6.03 Å². The van der Waals surface area contributed by atoms with Crippen molar-refractivity contribution in [2.75, 3.05) is 26.2 Å². The lowest BCUT2D eigenvalue weighted by atomic mass is 10.1. The summed E-state index contributed by atoms with van der Waals surface area (Å²) in [6.07, 6.45) is 5.60. The number of nitrogens with zero attached hydrogens (tertiary/aromatic N) is 2. The molecule has 1 fully saturated rings. The summed E-state index contributed by atoms with van der Waals surface area (Å²) in [6.45, 7) is 5.74. The number of likely N-dealkylation sites (tertiary alicyclic amines) is 1. The lowest BCUT2D eigenvalue weighted by molar-refractivity contribution is 0.165. The number of amides is 2. The first-order valence-corrected chi connectivity index (χ1v) is 5.47. The van der Waals surface area contributed by atoms with Gasteiger partial charge in [-0.15, -0.1) is 0 Å². The Bertz CT molecular complexity index is 254. The lowest BCUT2D eigenvalue weighted by Crippen LogP contribution is -2.44. The smallest absolute Gasteiger partial charge is 0.320 e. The summed E-state index contributed by atoms with van der Waals surface area (Å²) in [5.41, 5.74) is 1.32. The molecule has 0 aromatic heterocycles. The Hall–Kier alpha value is -0.990. The number of carbonyl (C=O) groups is 1. The van der Waals surface area contributed by atoms with Crippen LogP contribution < -0.4 is 0 Å². The quantitative estimate of drug-likeness (QED) is 0.540. The van der Waals surface area contributed by atoms with Gasteiger partial charge in [-0.2, -0.15) is 0 Å². The topological polar surface area (TPSA) is 23.6 Å². The van der Waals surface area contributed by atoms with E-state index in [0.717, 1.165) is 32.6 Å². The highest BCUT2D eigenvalue weighted by atomic mass is 16.2.